The van der Waals surface area contributed by atoms with Crippen LogP contribution in [0.2, 0.25) is 0 Å². The third-order valence-corrected chi connectivity index (χ3v) is 6.70. The molecule has 0 aliphatic carbocycles. The van der Waals surface area contributed by atoms with E-state index in [-0.39, 0.29) is 19.0 Å². The molecular weight excluding hydrogens is 514 g/mol. The zero-order chi connectivity index (χ0) is 28.9. The third kappa shape index (κ3) is 9.24. The van der Waals surface area contributed by atoms with Crippen LogP contribution in [-0.2, 0) is 35.7 Å². The van der Waals surface area contributed by atoms with Gasteiger partial charge in [-0.15, -0.1) is 0 Å². The Kier molecular flexibility index (Phi) is 11.0. The first-order chi connectivity index (χ1) is 20.0. The number of amides is 1. The SMILES string of the molecule is CCCCc1ccc(COc2ccc(C(=O)N(CC(=O)OC)Cc3cccc(OCc4ccccc4)c3)cc2)cc1. The molecule has 0 aliphatic rings. The summed E-state index contributed by atoms with van der Waals surface area (Å²) < 4.78 is 16.7. The van der Waals surface area contributed by atoms with Gasteiger partial charge in [0.25, 0.3) is 5.91 Å². The highest BCUT2D eigenvalue weighted by Crippen LogP contribution is 2.20. The summed E-state index contributed by atoms with van der Waals surface area (Å²) in [6.45, 7) is 3.13. The Labute approximate surface area is 242 Å². The Morgan fingerprint density at radius 1 is 0.683 bits per heavy atom. The zero-order valence-corrected chi connectivity index (χ0v) is 23.8. The van der Waals surface area contributed by atoms with Crippen molar-refractivity contribution in [3.63, 3.8) is 0 Å². The minimum absolute atomic E-state index is 0.170. The molecule has 6 heteroatoms. The fourth-order valence-electron chi connectivity index (χ4n) is 4.34. The van der Waals surface area contributed by atoms with E-state index in [0.29, 0.717) is 30.3 Å². The van der Waals surface area contributed by atoms with Crippen LogP contribution in [0.25, 0.3) is 0 Å². The molecule has 0 radical (unpaired) electrons. The number of methoxy groups -OCH3 is 1. The van der Waals surface area contributed by atoms with Gasteiger partial charge in [-0.2, -0.15) is 0 Å². The largest absolute Gasteiger partial charge is 0.489 e. The van der Waals surface area contributed by atoms with Crippen molar-refractivity contribution in [2.45, 2.75) is 45.9 Å². The molecule has 4 rings (SSSR count). The lowest BCUT2D eigenvalue weighted by molar-refractivity contribution is -0.141. The number of nitrogens with zero attached hydrogens (tertiary/aromatic N) is 1. The highest BCUT2D eigenvalue weighted by Gasteiger charge is 2.20. The van der Waals surface area contributed by atoms with Crippen LogP contribution in [-0.4, -0.2) is 30.4 Å². The fourth-order valence-corrected chi connectivity index (χ4v) is 4.34. The number of esters is 1. The summed E-state index contributed by atoms with van der Waals surface area (Å²) in [6.07, 6.45) is 3.46. The molecule has 0 saturated carbocycles. The van der Waals surface area contributed by atoms with E-state index < -0.39 is 5.97 Å². The average molecular weight is 552 g/mol. The summed E-state index contributed by atoms with van der Waals surface area (Å²) in [5.41, 5.74) is 4.78. The Hall–Kier alpha value is -4.58. The van der Waals surface area contributed by atoms with Gasteiger partial charge in [0.05, 0.1) is 7.11 Å². The molecule has 0 fully saturated rings. The van der Waals surface area contributed by atoms with Crippen LogP contribution in [0.3, 0.4) is 0 Å². The van der Waals surface area contributed by atoms with Crippen molar-refractivity contribution in [1.82, 2.24) is 4.90 Å². The second kappa shape index (κ2) is 15.3. The smallest absolute Gasteiger partial charge is 0.325 e. The standard InChI is InChI=1S/C35H37NO5/c1-3-4-9-27-14-16-29(17-15-27)26-40-32-20-18-31(19-21-32)35(38)36(24-34(37)39-2)23-30-12-8-13-33(22-30)41-25-28-10-6-5-7-11-28/h5-8,10-22H,3-4,9,23-26H2,1-2H3. The van der Waals surface area contributed by atoms with E-state index in [1.54, 1.807) is 24.3 Å². The molecule has 0 saturated heterocycles. The molecule has 6 nitrogen and oxygen atoms in total. The molecule has 212 valence electrons. The number of hydrogen-bond donors (Lipinski definition) is 0. The summed E-state index contributed by atoms with van der Waals surface area (Å²) in [5.74, 6) is 0.587. The molecule has 41 heavy (non-hydrogen) atoms. The van der Waals surface area contributed by atoms with Crippen molar-refractivity contribution in [3.05, 3.63) is 131 Å². The van der Waals surface area contributed by atoms with Crippen LogP contribution < -0.4 is 9.47 Å². The van der Waals surface area contributed by atoms with Crippen LogP contribution in [0.4, 0.5) is 0 Å². The monoisotopic (exact) mass is 551 g/mol. The van der Waals surface area contributed by atoms with E-state index in [9.17, 15) is 9.59 Å². The van der Waals surface area contributed by atoms with Crippen molar-refractivity contribution >= 4 is 11.9 Å². The van der Waals surface area contributed by atoms with Crippen molar-refractivity contribution in [2.75, 3.05) is 13.7 Å². The second-order valence-electron chi connectivity index (χ2n) is 9.89. The van der Waals surface area contributed by atoms with Crippen LogP contribution in [0.1, 0.15) is 52.4 Å². The number of benzene rings is 4. The van der Waals surface area contributed by atoms with E-state index in [0.717, 1.165) is 23.1 Å². The lowest BCUT2D eigenvalue weighted by Crippen LogP contribution is -2.35. The topological polar surface area (TPSA) is 65.1 Å². The minimum atomic E-state index is -0.490. The van der Waals surface area contributed by atoms with Crippen molar-refractivity contribution in [1.29, 1.82) is 0 Å². The van der Waals surface area contributed by atoms with Crippen molar-refractivity contribution in [3.8, 4) is 11.5 Å². The Morgan fingerprint density at radius 3 is 2.00 bits per heavy atom. The van der Waals surface area contributed by atoms with Gasteiger partial charge in [0.2, 0.25) is 0 Å². The molecule has 0 N–H and O–H groups in total. The number of carbonyl (C=O) groups is 2. The van der Waals surface area contributed by atoms with Gasteiger partial charge in [-0.25, -0.2) is 0 Å². The number of hydrogen-bond acceptors (Lipinski definition) is 5. The Balaban J connectivity index is 1.38. The molecule has 4 aromatic carbocycles. The second-order valence-corrected chi connectivity index (χ2v) is 9.89. The van der Waals surface area contributed by atoms with Gasteiger partial charge < -0.3 is 19.1 Å². The molecule has 0 heterocycles. The quantitative estimate of drug-likeness (QED) is 0.158. The summed E-state index contributed by atoms with van der Waals surface area (Å²) in [4.78, 5) is 27.1. The Bertz CT molecular complexity index is 1380. The van der Waals surface area contributed by atoms with Gasteiger partial charge in [-0.3, -0.25) is 9.59 Å². The number of unbranched alkanes of at least 4 members (excludes halogenated alkanes) is 1. The molecule has 0 aromatic heterocycles. The molecule has 1 amide bonds. The summed E-state index contributed by atoms with van der Waals surface area (Å²) >= 11 is 0. The van der Waals surface area contributed by atoms with Gasteiger partial charge >= 0.3 is 5.97 Å². The van der Waals surface area contributed by atoms with Gasteiger partial charge in [0.1, 0.15) is 31.3 Å². The fraction of sp³-hybridized carbons (Fsp3) is 0.257. The Morgan fingerprint density at radius 2 is 1.32 bits per heavy atom. The van der Waals surface area contributed by atoms with Crippen molar-refractivity contribution < 1.29 is 23.8 Å². The molecular formula is C35H37NO5. The van der Waals surface area contributed by atoms with Gasteiger partial charge in [0.15, 0.2) is 0 Å². The summed E-state index contributed by atoms with van der Waals surface area (Å²) in [6, 6.07) is 32.9. The predicted molar refractivity (Wildman–Crippen MR) is 160 cm³/mol. The number of carbonyl (C=O) groups excluding carboxylic acids is 2. The zero-order valence-electron chi connectivity index (χ0n) is 23.8. The average Bonchev–Trinajstić information content (AvgIpc) is 3.02. The van der Waals surface area contributed by atoms with Gasteiger partial charge in [-0.05, 0) is 71.5 Å². The molecule has 0 unspecified atom stereocenters. The molecule has 0 spiro atoms. The highest BCUT2D eigenvalue weighted by molar-refractivity contribution is 5.96. The normalized spacial score (nSPS) is 10.6. The number of rotatable bonds is 14. The maximum absolute atomic E-state index is 13.4. The molecule has 0 aliphatic heterocycles. The van der Waals surface area contributed by atoms with E-state index in [1.807, 2.05) is 54.6 Å². The molecule has 0 atom stereocenters. The van der Waals surface area contributed by atoms with Gasteiger partial charge in [0, 0.05) is 12.1 Å². The van der Waals surface area contributed by atoms with Crippen LogP contribution in [0.5, 0.6) is 11.5 Å². The first-order valence-corrected chi connectivity index (χ1v) is 14.0. The first kappa shape index (κ1) is 29.4. The summed E-state index contributed by atoms with van der Waals surface area (Å²) in [5, 5.41) is 0. The predicted octanol–water partition coefficient (Wildman–Crippen LogP) is 7.00. The van der Waals surface area contributed by atoms with Crippen LogP contribution in [0, 0.1) is 0 Å². The van der Waals surface area contributed by atoms with Crippen molar-refractivity contribution in [2.24, 2.45) is 0 Å². The first-order valence-electron chi connectivity index (χ1n) is 14.0. The summed E-state index contributed by atoms with van der Waals surface area (Å²) in [7, 11) is 1.31. The molecule has 4 aromatic rings. The van der Waals surface area contributed by atoms with E-state index >= 15 is 0 Å². The van der Waals surface area contributed by atoms with Crippen LogP contribution >= 0.6 is 0 Å². The lowest BCUT2D eigenvalue weighted by Gasteiger charge is -2.22. The van der Waals surface area contributed by atoms with E-state index in [1.165, 1.54) is 30.4 Å². The van der Waals surface area contributed by atoms with E-state index in [4.69, 9.17) is 14.2 Å². The highest BCUT2D eigenvalue weighted by atomic mass is 16.5. The molecule has 0 bridgehead atoms. The maximum Gasteiger partial charge on any atom is 0.325 e. The number of ether oxygens (including phenoxy) is 3. The third-order valence-electron chi connectivity index (χ3n) is 6.70. The maximum atomic E-state index is 13.4. The minimum Gasteiger partial charge on any atom is -0.489 e. The lowest BCUT2D eigenvalue weighted by atomic mass is 10.1. The van der Waals surface area contributed by atoms with E-state index in [2.05, 4.69) is 31.2 Å². The van der Waals surface area contributed by atoms with Crippen LogP contribution in [0.15, 0.2) is 103 Å². The van der Waals surface area contributed by atoms with Gasteiger partial charge in [-0.1, -0.05) is 80.1 Å². The number of aryl methyl sites for hydroxylation is 1.